The maximum atomic E-state index is 4.59. The predicted molar refractivity (Wildman–Crippen MR) is 79.8 cm³/mol. The first-order valence-corrected chi connectivity index (χ1v) is 6.47. The molecule has 0 aromatic heterocycles. The van der Waals surface area contributed by atoms with Crippen LogP contribution < -0.4 is 5.32 Å². The van der Waals surface area contributed by atoms with Gasteiger partial charge < -0.3 is 5.32 Å². The van der Waals surface area contributed by atoms with E-state index in [0.29, 0.717) is 0 Å². The molecule has 0 bridgehead atoms. The molecule has 1 aliphatic rings. The van der Waals surface area contributed by atoms with Crippen LogP contribution in [0.4, 0.5) is 0 Å². The van der Waals surface area contributed by atoms with E-state index in [9.17, 15) is 0 Å². The van der Waals surface area contributed by atoms with Gasteiger partial charge in [0.05, 0.1) is 17.6 Å². The zero-order valence-corrected chi connectivity index (χ0v) is 10.9. The Morgan fingerprint density at radius 2 is 1.53 bits per heavy atom. The number of nitrogens with one attached hydrogen (secondary N) is 1. The van der Waals surface area contributed by atoms with Crippen LogP contribution in [-0.4, -0.2) is 5.84 Å². The van der Waals surface area contributed by atoms with Crippen LogP contribution >= 0.6 is 0 Å². The molecule has 3 rings (SSSR count). The summed E-state index contributed by atoms with van der Waals surface area (Å²) in [6.07, 6.45) is 2.18. The molecular weight excluding hydrogens is 232 g/mol. The molecule has 19 heavy (non-hydrogen) atoms. The van der Waals surface area contributed by atoms with Crippen LogP contribution in [0.3, 0.4) is 0 Å². The molecule has 1 aliphatic heterocycles. The Morgan fingerprint density at radius 3 is 2.21 bits per heavy atom. The Balaban J connectivity index is 1.98. The van der Waals surface area contributed by atoms with E-state index < -0.39 is 0 Å². The molecule has 0 radical (unpaired) electrons. The van der Waals surface area contributed by atoms with Gasteiger partial charge in [-0.3, -0.25) is 0 Å². The molecule has 2 heteroatoms. The highest BCUT2D eigenvalue weighted by Crippen LogP contribution is 2.25. The van der Waals surface area contributed by atoms with E-state index in [4.69, 9.17) is 0 Å². The van der Waals surface area contributed by atoms with Crippen molar-refractivity contribution in [2.24, 2.45) is 4.99 Å². The molecular formula is C17H16N2. The van der Waals surface area contributed by atoms with E-state index in [-0.39, 0.29) is 6.04 Å². The fourth-order valence-electron chi connectivity index (χ4n) is 2.28. The molecule has 1 heterocycles. The molecule has 0 saturated carbocycles. The second-order valence-electron chi connectivity index (χ2n) is 4.65. The van der Waals surface area contributed by atoms with E-state index in [2.05, 4.69) is 52.8 Å². The van der Waals surface area contributed by atoms with Gasteiger partial charge in [0.2, 0.25) is 0 Å². The fraction of sp³-hybridized carbons (Fsp3) is 0.118. The highest BCUT2D eigenvalue weighted by Gasteiger charge is 2.15. The molecule has 0 spiro atoms. The van der Waals surface area contributed by atoms with Gasteiger partial charge in [-0.2, -0.15) is 0 Å². The van der Waals surface area contributed by atoms with Gasteiger partial charge in [0.15, 0.2) is 0 Å². The Labute approximate surface area is 113 Å². The van der Waals surface area contributed by atoms with Crippen molar-refractivity contribution in [2.45, 2.75) is 13.0 Å². The lowest BCUT2D eigenvalue weighted by molar-refractivity contribution is 0.777. The van der Waals surface area contributed by atoms with Crippen molar-refractivity contribution in [3.63, 3.8) is 0 Å². The lowest BCUT2D eigenvalue weighted by Crippen LogP contribution is -2.27. The molecule has 1 atom stereocenters. The minimum atomic E-state index is 0.189. The van der Waals surface area contributed by atoms with E-state index in [1.54, 1.807) is 0 Å². The van der Waals surface area contributed by atoms with E-state index >= 15 is 0 Å². The first kappa shape index (κ1) is 11.7. The van der Waals surface area contributed by atoms with Crippen molar-refractivity contribution in [1.82, 2.24) is 5.32 Å². The largest absolute Gasteiger partial charge is 0.363 e. The molecule has 94 valence electrons. The summed E-state index contributed by atoms with van der Waals surface area (Å²) >= 11 is 0. The third kappa shape index (κ3) is 2.58. The molecule has 1 unspecified atom stereocenters. The van der Waals surface area contributed by atoms with Crippen LogP contribution in [0.25, 0.3) is 5.70 Å². The standard InChI is InChI=1S/C17H16N2/c1-13-18-16(14-8-4-2-5-9-14)12-17(19-13)15-10-6-3-7-11-15/h2-12,16H,1H3,(H,18,19). The summed E-state index contributed by atoms with van der Waals surface area (Å²) in [7, 11) is 0. The fourth-order valence-corrected chi connectivity index (χ4v) is 2.28. The molecule has 0 aliphatic carbocycles. The monoisotopic (exact) mass is 248 g/mol. The number of aliphatic imine (C=N–C) groups is 1. The SMILES string of the molecule is CC1=NC(c2ccccc2)=CC(c2ccccc2)N1. The molecule has 0 saturated heterocycles. The Morgan fingerprint density at radius 1 is 0.895 bits per heavy atom. The number of benzene rings is 2. The second-order valence-corrected chi connectivity index (χ2v) is 4.65. The lowest BCUT2D eigenvalue weighted by Gasteiger charge is -2.22. The van der Waals surface area contributed by atoms with E-state index in [0.717, 1.165) is 17.1 Å². The van der Waals surface area contributed by atoms with Crippen LogP contribution in [0.5, 0.6) is 0 Å². The molecule has 0 fully saturated rings. The average Bonchev–Trinajstić information content (AvgIpc) is 2.48. The topological polar surface area (TPSA) is 24.4 Å². The first-order valence-electron chi connectivity index (χ1n) is 6.47. The van der Waals surface area contributed by atoms with Gasteiger partial charge >= 0.3 is 0 Å². The van der Waals surface area contributed by atoms with Crippen molar-refractivity contribution >= 4 is 11.5 Å². The van der Waals surface area contributed by atoms with E-state index in [1.165, 1.54) is 5.56 Å². The number of hydrogen-bond acceptors (Lipinski definition) is 2. The summed E-state index contributed by atoms with van der Waals surface area (Å²) in [5.41, 5.74) is 3.44. The normalized spacial score (nSPS) is 18.3. The Hall–Kier alpha value is -2.35. The number of rotatable bonds is 2. The second kappa shape index (κ2) is 5.11. The van der Waals surface area contributed by atoms with Gasteiger partial charge in [-0.25, -0.2) is 4.99 Å². The molecule has 2 aromatic carbocycles. The average molecular weight is 248 g/mol. The third-order valence-corrected chi connectivity index (χ3v) is 3.21. The maximum absolute atomic E-state index is 4.59. The smallest absolute Gasteiger partial charge is 0.0998 e. The third-order valence-electron chi connectivity index (χ3n) is 3.21. The number of amidine groups is 1. The van der Waals surface area contributed by atoms with Gasteiger partial charge in [0, 0.05) is 0 Å². The number of hydrogen-bond donors (Lipinski definition) is 1. The van der Waals surface area contributed by atoms with Crippen LogP contribution in [0.15, 0.2) is 71.7 Å². The van der Waals surface area contributed by atoms with Crippen LogP contribution in [0.1, 0.15) is 24.1 Å². The Bertz CT molecular complexity index is 612. The highest BCUT2D eigenvalue weighted by molar-refractivity contribution is 5.89. The molecule has 1 N–H and O–H groups in total. The van der Waals surface area contributed by atoms with Gasteiger partial charge in [-0.15, -0.1) is 0 Å². The summed E-state index contributed by atoms with van der Waals surface area (Å²) in [5.74, 6) is 0.954. The van der Waals surface area contributed by atoms with Crippen molar-refractivity contribution in [2.75, 3.05) is 0 Å². The van der Waals surface area contributed by atoms with Crippen LogP contribution in [0, 0.1) is 0 Å². The summed E-state index contributed by atoms with van der Waals surface area (Å²) in [6, 6.07) is 20.9. The van der Waals surface area contributed by atoms with Crippen LogP contribution in [0.2, 0.25) is 0 Å². The predicted octanol–water partition coefficient (Wildman–Crippen LogP) is 3.79. The minimum Gasteiger partial charge on any atom is -0.363 e. The van der Waals surface area contributed by atoms with Crippen molar-refractivity contribution in [1.29, 1.82) is 0 Å². The summed E-state index contributed by atoms with van der Waals surface area (Å²) in [5, 5.41) is 3.41. The van der Waals surface area contributed by atoms with Crippen molar-refractivity contribution in [3.05, 3.63) is 77.9 Å². The zero-order chi connectivity index (χ0) is 13.1. The molecule has 2 aromatic rings. The van der Waals surface area contributed by atoms with Gasteiger partial charge in [0.1, 0.15) is 0 Å². The highest BCUT2D eigenvalue weighted by atomic mass is 15.0. The van der Waals surface area contributed by atoms with Gasteiger partial charge in [-0.05, 0) is 24.1 Å². The quantitative estimate of drug-likeness (QED) is 0.859. The van der Waals surface area contributed by atoms with Gasteiger partial charge in [0.25, 0.3) is 0 Å². The van der Waals surface area contributed by atoms with Crippen LogP contribution in [-0.2, 0) is 0 Å². The molecule has 2 nitrogen and oxygen atoms in total. The summed E-state index contributed by atoms with van der Waals surface area (Å²) in [4.78, 5) is 4.59. The minimum absolute atomic E-state index is 0.189. The van der Waals surface area contributed by atoms with Gasteiger partial charge in [-0.1, -0.05) is 60.7 Å². The maximum Gasteiger partial charge on any atom is 0.0998 e. The Kier molecular flexibility index (Phi) is 3.15. The summed E-state index contributed by atoms with van der Waals surface area (Å²) < 4.78 is 0. The summed E-state index contributed by atoms with van der Waals surface area (Å²) in [6.45, 7) is 2.01. The van der Waals surface area contributed by atoms with Crippen molar-refractivity contribution < 1.29 is 0 Å². The molecule has 0 amide bonds. The lowest BCUT2D eigenvalue weighted by atomic mass is 10.0. The zero-order valence-electron chi connectivity index (χ0n) is 10.9. The van der Waals surface area contributed by atoms with E-state index in [1.807, 2.05) is 31.2 Å². The first-order chi connectivity index (χ1) is 9.33. The van der Waals surface area contributed by atoms with Crippen molar-refractivity contribution in [3.8, 4) is 0 Å². The number of nitrogens with zero attached hydrogens (tertiary/aromatic N) is 1.